The van der Waals surface area contributed by atoms with Crippen LogP contribution in [0.1, 0.15) is 112 Å². The minimum Gasteiger partial charge on any atom is -0.378 e. The second-order valence-electron chi connectivity index (χ2n) is 15.1. The number of nitrogens with two attached hydrogens (primary N) is 1. The van der Waals surface area contributed by atoms with Gasteiger partial charge in [-0.25, -0.2) is 0 Å². The molecular weight excluding hydrogens is 500 g/mol. The Morgan fingerprint density at radius 1 is 0.775 bits per heavy atom. The maximum atomic E-state index is 7.10. The van der Waals surface area contributed by atoms with Crippen LogP contribution in [-0.2, 0) is 4.74 Å². The Morgan fingerprint density at radius 3 is 2.10 bits per heavy atom. The number of piperidine rings is 2. The molecule has 0 spiro atoms. The van der Waals surface area contributed by atoms with Crippen LogP contribution in [0.3, 0.4) is 0 Å². The van der Waals surface area contributed by atoms with Crippen LogP contribution < -0.4 is 15.5 Å². The molecule has 1 aromatic rings. The van der Waals surface area contributed by atoms with Gasteiger partial charge in [-0.15, -0.1) is 0 Å². The topological polar surface area (TPSA) is 96.0 Å². The van der Waals surface area contributed by atoms with Crippen LogP contribution in [0, 0.1) is 0 Å². The smallest absolute Gasteiger partial charge is 0.231 e. The number of ether oxygens (including phenoxy) is 1. The first-order valence-electron chi connectivity index (χ1n) is 15.7. The average Bonchev–Trinajstić information content (AvgIpc) is 2.82. The molecule has 3 unspecified atom stereocenters. The molecule has 1 aromatic heterocycles. The summed E-state index contributed by atoms with van der Waals surface area (Å²) in [5, 5.41) is 0. The molecule has 3 saturated heterocycles. The van der Waals surface area contributed by atoms with E-state index < -0.39 is 0 Å². The summed E-state index contributed by atoms with van der Waals surface area (Å²) in [5.41, 5.74) is 6.55. The molecule has 5 aliphatic heterocycles. The zero-order valence-corrected chi connectivity index (χ0v) is 26.4. The third-order valence-corrected chi connectivity index (χ3v) is 9.96. The fourth-order valence-electron chi connectivity index (χ4n) is 8.67. The van der Waals surface area contributed by atoms with E-state index in [0.29, 0.717) is 19.3 Å². The molecule has 6 bridgehead atoms. The summed E-state index contributed by atoms with van der Waals surface area (Å²) in [7, 11) is 0. The van der Waals surface area contributed by atoms with E-state index in [0.717, 1.165) is 63.0 Å². The van der Waals surface area contributed by atoms with E-state index in [1.165, 1.54) is 19.3 Å². The summed E-state index contributed by atoms with van der Waals surface area (Å²) in [5.74, 6) is 2.35. The Bertz CT molecular complexity index is 1060. The van der Waals surface area contributed by atoms with Gasteiger partial charge in [-0.3, -0.25) is 9.89 Å². The van der Waals surface area contributed by atoms with Crippen molar-refractivity contribution in [3.8, 4) is 0 Å². The predicted molar refractivity (Wildman–Crippen MR) is 164 cm³/mol. The molecule has 9 nitrogen and oxygen atoms in total. The van der Waals surface area contributed by atoms with Gasteiger partial charge in [0.05, 0.1) is 25.2 Å². The third-order valence-electron chi connectivity index (χ3n) is 9.96. The zero-order chi connectivity index (χ0) is 28.9. The lowest BCUT2D eigenvalue weighted by Gasteiger charge is -2.58. The van der Waals surface area contributed by atoms with Gasteiger partial charge in [-0.2, -0.15) is 15.0 Å². The number of hydrogen-bond acceptors (Lipinski definition) is 9. The Labute approximate surface area is 242 Å². The summed E-state index contributed by atoms with van der Waals surface area (Å²) >= 11 is 0. The van der Waals surface area contributed by atoms with E-state index in [4.69, 9.17) is 30.4 Å². The highest BCUT2D eigenvalue weighted by molar-refractivity contribution is 5.57. The molecule has 0 saturated carbocycles. The number of anilines is 2. The molecule has 2 N–H and O–H groups in total. The van der Waals surface area contributed by atoms with Crippen LogP contribution in [0.25, 0.3) is 0 Å². The fraction of sp³-hybridized carbons (Fsp3) is 0.871. The van der Waals surface area contributed by atoms with Gasteiger partial charge in [-0.05, 0) is 107 Å². The van der Waals surface area contributed by atoms with Crippen molar-refractivity contribution in [3.63, 3.8) is 0 Å². The molecule has 6 heterocycles. The molecule has 0 amide bonds. The molecule has 40 heavy (non-hydrogen) atoms. The van der Waals surface area contributed by atoms with Crippen LogP contribution in [0.15, 0.2) is 4.99 Å². The number of rotatable bonds is 1. The van der Waals surface area contributed by atoms with Crippen molar-refractivity contribution in [1.82, 2.24) is 19.9 Å². The number of fused-ring (bicyclic) bond motifs is 7. The molecule has 0 radical (unpaired) electrons. The second-order valence-corrected chi connectivity index (χ2v) is 15.1. The highest BCUT2D eigenvalue weighted by atomic mass is 16.5. The van der Waals surface area contributed by atoms with Gasteiger partial charge in [0.2, 0.25) is 11.9 Å². The lowest BCUT2D eigenvalue weighted by Crippen LogP contribution is -2.67. The minimum atomic E-state index is -0.213. The summed E-state index contributed by atoms with van der Waals surface area (Å²) in [6.45, 7) is 22.7. The number of aromatic nitrogens is 3. The van der Waals surface area contributed by atoms with Crippen molar-refractivity contribution in [1.29, 1.82) is 0 Å². The lowest BCUT2D eigenvalue weighted by atomic mass is 9.69. The zero-order valence-electron chi connectivity index (χ0n) is 26.4. The van der Waals surface area contributed by atoms with Gasteiger partial charge >= 0.3 is 0 Å². The van der Waals surface area contributed by atoms with Gasteiger partial charge in [0.15, 0.2) is 0 Å². The van der Waals surface area contributed by atoms with Crippen LogP contribution >= 0.6 is 0 Å². The first-order chi connectivity index (χ1) is 18.7. The number of nitrogens with zero attached hydrogens (tertiary/aromatic N) is 7. The summed E-state index contributed by atoms with van der Waals surface area (Å²) in [6.07, 6.45) is 9.66. The van der Waals surface area contributed by atoms with E-state index in [2.05, 4.69) is 76.3 Å². The second kappa shape index (κ2) is 10.8. The minimum absolute atomic E-state index is 0.00114. The molecule has 5 aliphatic rings. The monoisotopic (exact) mass is 554 g/mol. The molecular formula is C31H54N8O. The van der Waals surface area contributed by atoms with Gasteiger partial charge in [-0.1, -0.05) is 6.42 Å². The van der Waals surface area contributed by atoms with Gasteiger partial charge < -0.3 is 20.3 Å². The molecule has 3 atom stereocenters. The van der Waals surface area contributed by atoms with Crippen LogP contribution in [0.2, 0.25) is 0 Å². The Morgan fingerprint density at radius 2 is 1.43 bits per heavy atom. The number of aliphatic imine (C=N–C) groups is 1. The molecule has 0 aromatic carbocycles. The standard InChI is InChI=1S/C31H54N8O/c1-28(2)21-23(32)24-25-34-26(37-15-17-40-18-16-37)36-27(35-25)39-29(3,4)19-22(20-30(39,5)6)33-13-11-9-10-12-14-38(28)31(24,7)8/h13,22-24H,9-12,14-21,32H2,1-8H3. The predicted octanol–water partition coefficient (Wildman–Crippen LogP) is 4.55. The van der Waals surface area contributed by atoms with Crippen molar-refractivity contribution in [2.45, 2.75) is 140 Å². The Hall–Kier alpha value is -1.84. The van der Waals surface area contributed by atoms with E-state index in [-0.39, 0.29) is 34.1 Å². The maximum absolute atomic E-state index is 7.10. The molecule has 0 aliphatic carbocycles. The summed E-state index contributed by atoms with van der Waals surface area (Å²) in [4.78, 5) is 28.3. The Balaban J connectivity index is 1.68. The van der Waals surface area contributed by atoms with Crippen molar-refractivity contribution in [2.75, 3.05) is 42.6 Å². The van der Waals surface area contributed by atoms with Crippen molar-refractivity contribution >= 4 is 18.1 Å². The fourth-order valence-corrected chi connectivity index (χ4v) is 8.67. The average molecular weight is 555 g/mol. The molecule has 6 rings (SSSR count). The number of hydrogen-bond donors (Lipinski definition) is 1. The lowest BCUT2D eigenvalue weighted by molar-refractivity contribution is -0.0532. The van der Waals surface area contributed by atoms with Crippen LogP contribution in [0.4, 0.5) is 11.9 Å². The van der Waals surface area contributed by atoms with Gasteiger partial charge in [0.1, 0.15) is 5.82 Å². The highest BCUT2D eigenvalue weighted by Gasteiger charge is 2.53. The molecule has 224 valence electrons. The quantitative estimate of drug-likeness (QED) is 0.540. The SMILES string of the molecule is CC1(C)CC2CC(C)(C)N1c1nc(nc(N3CCOCC3)n1)C1C(N)CC(C)(C)N(CCCCCC=N2)C1(C)C. The van der Waals surface area contributed by atoms with Crippen LogP contribution in [-0.4, -0.2) is 93.2 Å². The van der Waals surface area contributed by atoms with Crippen molar-refractivity contribution in [3.05, 3.63) is 5.82 Å². The summed E-state index contributed by atoms with van der Waals surface area (Å²) in [6, 6.07) is 0.256. The van der Waals surface area contributed by atoms with Crippen LogP contribution in [0.5, 0.6) is 0 Å². The first-order valence-corrected chi connectivity index (χ1v) is 15.7. The van der Waals surface area contributed by atoms with E-state index in [1.807, 2.05) is 0 Å². The maximum Gasteiger partial charge on any atom is 0.231 e. The van der Waals surface area contributed by atoms with Gasteiger partial charge in [0.25, 0.3) is 0 Å². The highest BCUT2D eigenvalue weighted by Crippen LogP contribution is 2.47. The molecule has 3 fully saturated rings. The van der Waals surface area contributed by atoms with Crippen molar-refractivity contribution < 1.29 is 4.74 Å². The largest absolute Gasteiger partial charge is 0.378 e. The normalized spacial score (nSPS) is 32.1. The van der Waals surface area contributed by atoms with E-state index in [1.54, 1.807) is 0 Å². The molecule has 9 heteroatoms. The first kappa shape index (κ1) is 29.6. The van der Waals surface area contributed by atoms with Gasteiger partial charge in [0, 0.05) is 41.3 Å². The number of morpholine rings is 1. The third kappa shape index (κ3) is 5.62. The Kier molecular flexibility index (Phi) is 7.98. The summed E-state index contributed by atoms with van der Waals surface area (Å²) < 4.78 is 5.68. The van der Waals surface area contributed by atoms with Crippen molar-refractivity contribution in [2.24, 2.45) is 10.7 Å². The van der Waals surface area contributed by atoms with E-state index >= 15 is 0 Å². The van der Waals surface area contributed by atoms with E-state index in [9.17, 15) is 0 Å².